The molecule has 1 aromatic carbocycles. The molecule has 8 nitrogen and oxygen atoms in total. The highest BCUT2D eigenvalue weighted by atomic mass is 16.5. The molecule has 2 atom stereocenters. The van der Waals surface area contributed by atoms with Crippen LogP contribution in [0.1, 0.15) is 55.2 Å². The van der Waals surface area contributed by atoms with E-state index in [1.165, 1.54) is 0 Å². The largest absolute Gasteiger partial charge is 0.483 e. The zero-order chi connectivity index (χ0) is 23.9. The van der Waals surface area contributed by atoms with E-state index in [9.17, 15) is 19.5 Å². The molecule has 1 saturated heterocycles. The molecule has 2 aliphatic carbocycles. The quantitative estimate of drug-likeness (QED) is 0.652. The molecule has 2 amide bonds. The number of fused-ring (bicyclic) bond motifs is 4. The number of hydrogen-bond acceptors (Lipinski definition) is 6. The molecule has 1 aliphatic heterocycles. The number of hydrogen-bond donors (Lipinski definition) is 2. The van der Waals surface area contributed by atoms with E-state index in [1.807, 2.05) is 19.1 Å². The summed E-state index contributed by atoms with van der Waals surface area (Å²) in [6.07, 6.45) is 6.85. The summed E-state index contributed by atoms with van der Waals surface area (Å²) in [5.74, 6) is 0.116. The van der Waals surface area contributed by atoms with Crippen LogP contribution in [0.2, 0.25) is 0 Å². The Morgan fingerprint density at radius 3 is 2.88 bits per heavy atom. The lowest BCUT2D eigenvalue weighted by atomic mass is 9.71. The van der Waals surface area contributed by atoms with Crippen LogP contribution >= 0.6 is 0 Å². The number of aliphatic hydroxyl groups is 1. The highest BCUT2D eigenvalue weighted by molar-refractivity contribution is 5.90. The summed E-state index contributed by atoms with van der Waals surface area (Å²) >= 11 is 0. The van der Waals surface area contributed by atoms with Crippen molar-refractivity contribution >= 4 is 22.8 Å². The van der Waals surface area contributed by atoms with Crippen molar-refractivity contribution in [2.24, 2.45) is 5.92 Å². The molecule has 0 bridgehead atoms. The minimum Gasteiger partial charge on any atom is -0.483 e. The fourth-order valence-corrected chi connectivity index (χ4v) is 5.90. The van der Waals surface area contributed by atoms with Gasteiger partial charge in [0.15, 0.2) is 6.61 Å². The Kier molecular flexibility index (Phi) is 6.10. The first-order valence-corrected chi connectivity index (χ1v) is 12.3. The van der Waals surface area contributed by atoms with Crippen LogP contribution in [0.3, 0.4) is 0 Å². The molecule has 8 heteroatoms. The van der Waals surface area contributed by atoms with E-state index >= 15 is 0 Å². The van der Waals surface area contributed by atoms with Crippen molar-refractivity contribution in [1.29, 1.82) is 0 Å². The third-order valence-electron chi connectivity index (χ3n) is 7.75. The van der Waals surface area contributed by atoms with Crippen LogP contribution in [0.15, 0.2) is 21.3 Å². The van der Waals surface area contributed by atoms with Gasteiger partial charge >= 0.3 is 5.63 Å². The van der Waals surface area contributed by atoms with Crippen molar-refractivity contribution in [2.45, 2.75) is 63.9 Å². The second kappa shape index (κ2) is 9.06. The summed E-state index contributed by atoms with van der Waals surface area (Å²) in [5.41, 5.74) is 2.06. The number of amides is 2. The molecular weight excluding hydrogens is 436 g/mol. The maximum atomic E-state index is 12.7. The molecule has 1 aromatic heterocycles. The van der Waals surface area contributed by atoms with Crippen LogP contribution in [0.5, 0.6) is 5.75 Å². The third-order valence-corrected chi connectivity index (χ3v) is 7.75. The molecule has 2 heterocycles. The molecule has 5 rings (SSSR count). The Morgan fingerprint density at radius 1 is 1.21 bits per heavy atom. The number of nitrogens with zero attached hydrogens (tertiary/aromatic N) is 1. The molecule has 0 unspecified atom stereocenters. The average Bonchev–Trinajstić information content (AvgIpc) is 3.30. The van der Waals surface area contributed by atoms with E-state index in [0.29, 0.717) is 42.8 Å². The fourth-order valence-electron chi connectivity index (χ4n) is 5.90. The predicted octanol–water partition coefficient (Wildman–Crippen LogP) is 2.24. The normalized spacial score (nSPS) is 23.9. The maximum Gasteiger partial charge on any atom is 0.339 e. The minimum absolute atomic E-state index is 0.0911. The number of ether oxygens (including phenoxy) is 1. The van der Waals surface area contributed by atoms with Gasteiger partial charge in [-0.05, 0) is 68.7 Å². The lowest BCUT2D eigenvalue weighted by Gasteiger charge is -2.47. The molecular formula is C26H32N2O6. The van der Waals surface area contributed by atoms with Gasteiger partial charge in [0.1, 0.15) is 11.3 Å². The first-order valence-electron chi connectivity index (χ1n) is 12.3. The SMILES string of the molecule is Cc1cc(OCC(=O)NCC(=O)N2CC[C@@]3(O)CCCC[C@H]3C2)c2c3c(c(=O)oc2c1)CCC3. The number of aryl methyl sites for hydroxylation is 2. The summed E-state index contributed by atoms with van der Waals surface area (Å²) in [6, 6.07) is 3.66. The van der Waals surface area contributed by atoms with Gasteiger partial charge < -0.3 is 24.5 Å². The van der Waals surface area contributed by atoms with E-state index in [1.54, 1.807) is 4.90 Å². The number of carbonyl (C=O) groups is 2. The second-order valence-corrected chi connectivity index (χ2v) is 10.0. The van der Waals surface area contributed by atoms with Crippen molar-refractivity contribution in [2.75, 3.05) is 26.2 Å². The third kappa shape index (κ3) is 4.31. The Hall–Kier alpha value is -2.87. The molecule has 0 radical (unpaired) electrons. The molecule has 2 aromatic rings. The molecule has 34 heavy (non-hydrogen) atoms. The number of carbonyl (C=O) groups excluding carboxylic acids is 2. The summed E-state index contributed by atoms with van der Waals surface area (Å²) in [4.78, 5) is 39.2. The number of piperidine rings is 1. The van der Waals surface area contributed by atoms with E-state index < -0.39 is 5.60 Å². The van der Waals surface area contributed by atoms with Gasteiger partial charge in [0.05, 0.1) is 17.5 Å². The van der Waals surface area contributed by atoms with Crippen LogP contribution in [0.4, 0.5) is 0 Å². The lowest BCUT2D eigenvalue weighted by Crippen LogP contribution is -2.56. The smallest absolute Gasteiger partial charge is 0.339 e. The average molecular weight is 469 g/mol. The first-order chi connectivity index (χ1) is 16.3. The van der Waals surface area contributed by atoms with Crippen LogP contribution in [0, 0.1) is 12.8 Å². The van der Waals surface area contributed by atoms with Gasteiger partial charge in [0.2, 0.25) is 5.91 Å². The number of rotatable bonds is 5. The van der Waals surface area contributed by atoms with Crippen molar-refractivity contribution in [3.05, 3.63) is 39.2 Å². The zero-order valence-corrected chi connectivity index (χ0v) is 19.7. The molecule has 2 fully saturated rings. The number of nitrogens with one attached hydrogen (secondary N) is 1. The van der Waals surface area contributed by atoms with Crippen molar-refractivity contribution in [1.82, 2.24) is 10.2 Å². The Morgan fingerprint density at radius 2 is 2.03 bits per heavy atom. The highest BCUT2D eigenvalue weighted by Gasteiger charge is 2.43. The molecule has 182 valence electrons. The Balaban J connectivity index is 1.20. The predicted molar refractivity (Wildman–Crippen MR) is 126 cm³/mol. The van der Waals surface area contributed by atoms with Gasteiger partial charge in [-0.1, -0.05) is 12.8 Å². The summed E-state index contributed by atoms with van der Waals surface area (Å²) in [5, 5.41) is 14.2. The Bertz CT molecular complexity index is 1190. The molecule has 1 saturated carbocycles. The van der Waals surface area contributed by atoms with Crippen LogP contribution in [-0.4, -0.2) is 53.7 Å². The zero-order valence-electron chi connectivity index (χ0n) is 19.7. The van der Waals surface area contributed by atoms with Gasteiger partial charge in [-0.15, -0.1) is 0 Å². The molecule has 3 aliphatic rings. The summed E-state index contributed by atoms with van der Waals surface area (Å²) in [7, 11) is 0. The van der Waals surface area contributed by atoms with Gasteiger partial charge in [0.25, 0.3) is 5.91 Å². The second-order valence-electron chi connectivity index (χ2n) is 10.0. The lowest BCUT2D eigenvalue weighted by molar-refractivity contribution is -0.143. The molecule has 0 spiro atoms. The Labute approximate surface area is 198 Å². The summed E-state index contributed by atoms with van der Waals surface area (Å²) < 4.78 is 11.4. The summed E-state index contributed by atoms with van der Waals surface area (Å²) in [6.45, 7) is 2.62. The first kappa shape index (κ1) is 22.9. The topological polar surface area (TPSA) is 109 Å². The van der Waals surface area contributed by atoms with Gasteiger partial charge in [-0.2, -0.15) is 0 Å². The number of likely N-dealkylation sites (tertiary alicyclic amines) is 1. The van der Waals surface area contributed by atoms with Crippen molar-refractivity contribution in [3.8, 4) is 5.75 Å². The van der Waals surface area contributed by atoms with E-state index in [2.05, 4.69) is 5.32 Å². The van der Waals surface area contributed by atoms with E-state index in [4.69, 9.17) is 9.15 Å². The van der Waals surface area contributed by atoms with Crippen molar-refractivity contribution < 1.29 is 23.8 Å². The maximum absolute atomic E-state index is 12.7. The van der Waals surface area contributed by atoms with Gasteiger partial charge in [-0.25, -0.2) is 4.79 Å². The minimum atomic E-state index is -0.637. The fraction of sp³-hybridized carbons (Fsp3) is 0.577. The van der Waals surface area contributed by atoms with Gasteiger partial charge in [0, 0.05) is 24.6 Å². The molecule has 2 N–H and O–H groups in total. The highest BCUT2D eigenvalue weighted by Crippen LogP contribution is 2.39. The standard InChI is InChI=1S/C26H32N2O6/c1-16-11-20(24-18-6-4-7-19(18)25(31)34-21(24)12-16)33-15-22(29)27-13-23(30)28-10-9-26(32)8-3-2-5-17(26)14-28/h11-12,17,32H,2-10,13-15H2,1H3,(H,27,29)/t17-,26-/m0/s1. The number of benzene rings is 1. The van der Waals surface area contributed by atoms with Crippen LogP contribution in [-0.2, 0) is 22.4 Å². The van der Waals surface area contributed by atoms with Crippen LogP contribution in [0.25, 0.3) is 11.0 Å². The van der Waals surface area contributed by atoms with Crippen molar-refractivity contribution in [3.63, 3.8) is 0 Å². The monoisotopic (exact) mass is 468 g/mol. The van der Waals surface area contributed by atoms with Gasteiger partial charge in [-0.3, -0.25) is 9.59 Å². The van der Waals surface area contributed by atoms with E-state index in [-0.39, 0.29) is 36.5 Å². The van der Waals surface area contributed by atoms with Crippen LogP contribution < -0.4 is 15.7 Å². The van der Waals surface area contributed by atoms with E-state index in [0.717, 1.165) is 55.0 Å².